The highest BCUT2D eigenvalue weighted by atomic mass is 79.9. The molecule has 2 heteroatoms. The van der Waals surface area contributed by atoms with Gasteiger partial charge in [-0.25, -0.2) is 0 Å². The number of fused-ring (bicyclic) bond motifs is 1. The molecule has 2 aliphatic rings. The first-order chi connectivity index (χ1) is 7.84. The van der Waals surface area contributed by atoms with Gasteiger partial charge in [0, 0.05) is 23.3 Å². The van der Waals surface area contributed by atoms with Crippen LogP contribution in [0.2, 0.25) is 0 Å². The molecule has 3 rings (SSSR count). The number of rotatable bonds is 1. The number of hydrogen-bond acceptors (Lipinski definition) is 1. The van der Waals surface area contributed by atoms with E-state index in [0.717, 1.165) is 0 Å². The minimum Gasteiger partial charge on any atom is -0.375 e. The molecule has 1 aromatic carbocycles. The SMILES string of the molecule is Brc1cccc2c1CCC(N1CCCC1)=C2. The van der Waals surface area contributed by atoms with Crippen molar-refractivity contribution in [1.82, 2.24) is 4.90 Å². The normalized spacial score (nSPS) is 19.6. The van der Waals surface area contributed by atoms with Crippen LogP contribution in [0.4, 0.5) is 0 Å². The van der Waals surface area contributed by atoms with Gasteiger partial charge in [-0.2, -0.15) is 0 Å². The highest BCUT2D eigenvalue weighted by Gasteiger charge is 2.19. The first kappa shape index (κ1) is 10.4. The summed E-state index contributed by atoms with van der Waals surface area (Å²) in [4.78, 5) is 2.56. The maximum atomic E-state index is 3.64. The van der Waals surface area contributed by atoms with Gasteiger partial charge in [-0.15, -0.1) is 0 Å². The molecule has 0 saturated carbocycles. The molecule has 1 heterocycles. The maximum absolute atomic E-state index is 3.64. The van der Waals surface area contributed by atoms with E-state index in [0.29, 0.717) is 0 Å². The second kappa shape index (κ2) is 4.25. The summed E-state index contributed by atoms with van der Waals surface area (Å²) in [5.41, 5.74) is 4.43. The number of benzene rings is 1. The van der Waals surface area contributed by atoms with Gasteiger partial charge in [0.15, 0.2) is 0 Å². The quantitative estimate of drug-likeness (QED) is 0.754. The average molecular weight is 278 g/mol. The smallest absolute Gasteiger partial charge is 0.0213 e. The molecule has 0 amide bonds. The topological polar surface area (TPSA) is 3.24 Å². The van der Waals surface area contributed by atoms with Crippen LogP contribution in [0.25, 0.3) is 6.08 Å². The molecule has 0 aromatic heterocycles. The summed E-state index contributed by atoms with van der Waals surface area (Å²) in [6, 6.07) is 6.51. The van der Waals surface area contributed by atoms with E-state index in [2.05, 4.69) is 45.1 Å². The van der Waals surface area contributed by atoms with Crippen LogP contribution in [-0.4, -0.2) is 18.0 Å². The summed E-state index contributed by atoms with van der Waals surface area (Å²) >= 11 is 3.64. The summed E-state index contributed by atoms with van der Waals surface area (Å²) < 4.78 is 1.27. The van der Waals surface area contributed by atoms with E-state index in [1.54, 1.807) is 5.70 Å². The van der Waals surface area contributed by atoms with Crippen molar-refractivity contribution >= 4 is 22.0 Å². The molecule has 0 unspecified atom stereocenters. The van der Waals surface area contributed by atoms with Gasteiger partial charge in [-0.1, -0.05) is 28.1 Å². The fraction of sp³-hybridized carbons (Fsp3) is 0.429. The van der Waals surface area contributed by atoms with Crippen LogP contribution in [0, 0.1) is 0 Å². The third-order valence-electron chi connectivity index (χ3n) is 3.62. The monoisotopic (exact) mass is 277 g/mol. The van der Waals surface area contributed by atoms with Crippen molar-refractivity contribution in [2.45, 2.75) is 25.7 Å². The third-order valence-corrected chi connectivity index (χ3v) is 4.36. The molecule has 1 fully saturated rings. The molecule has 16 heavy (non-hydrogen) atoms. The lowest BCUT2D eigenvalue weighted by molar-refractivity contribution is 0.411. The zero-order chi connectivity index (χ0) is 11.0. The van der Waals surface area contributed by atoms with Crippen LogP contribution in [0.15, 0.2) is 28.4 Å². The summed E-state index contributed by atoms with van der Waals surface area (Å²) in [5.74, 6) is 0. The molecule has 0 N–H and O–H groups in total. The van der Waals surface area contributed by atoms with Crippen LogP contribution in [0.3, 0.4) is 0 Å². The van der Waals surface area contributed by atoms with Gasteiger partial charge in [0.25, 0.3) is 0 Å². The minimum absolute atomic E-state index is 1.18. The van der Waals surface area contributed by atoms with E-state index in [1.165, 1.54) is 54.4 Å². The van der Waals surface area contributed by atoms with Gasteiger partial charge >= 0.3 is 0 Å². The first-order valence-electron chi connectivity index (χ1n) is 6.07. The Morgan fingerprint density at radius 3 is 2.69 bits per heavy atom. The largest absolute Gasteiger partial charge is 0.375 e. The van der Waals surface area contributed by atoms with Gasteiger partial charge in [0.1, 0.15) is 0 Å². The fourth-order valence-electron chi connectivity index (χ4n) is 2.73. The van der Waals surface area contributed by atoms with Crippen molar-refractivity contribution in [3.63, 3.8) is 0 Å². The molecule has 1 aliphatic heterocycles. The van der Waals surface area contributed by atoms with E-state index in [9.17, 15) is 0 Å². The Labute approximate surface area is 105 Å². The Bertz CT molecular complexity index is 430. The highest BCUT2D eigenvalue weighted by molar-refractivity contribution is 9.10. The van der Waals surface area contributed by atoms with E-state index >= 15 is 0 Å². The van der Waals surface area contributed by atoms with E-state index in [4.69, 9.17) is 0 Å². The first-order valence-corrected chi connectivity index (χ1v) is 6.87. The average Bonchev–Trinajstić information content (AvgIpc) is 2.82. The second-order valence-electron chi connectivity index (χ2n) is 4.64. The Hall–Kier alpha value is -0.760. The van der Waals surface area contributed by atoms with Crippen molar-refractivity contribution in [1.29, 1.82) is 0 Å². The minimum atomic E-state index is 1.18. The van der Waals surface area contributed by atoms with Crippen LogP contribution in [0.5, 0.6) is 0 Å². The molecule has 1 nitrogen and oxygen atoms in total. The predicted molar refractivity (Wildman–Crippen MR) is 71.2 cm³/mol. The fourth-order valence-corrected chi connectivity index (χ4v) is 3.31. The number of halogens is 1. The summed E-state index contributed by atoms with van der Waals surface area (Å²) in [6.45, 7) is 2.52. The van der Waals surface area contributed by atoms with Gasteiger partial charge in [-0.3, -0.25) is 0 Å². The highest BCUT2D eigenvalue weighted by Crippen LogP contribution is 2.32. The van der Waals surface area contributed by atoms with Crippen molar-refractivity contribution in [3.05, 3.63) is 39.5 Å². The molecular formula is C14H16BrN. The van der Waals surface area contributed by atoms with Crippen LogP contribution in [0.1, 0.15) is 30.4 Å². The molecule has 1 aliphatic carbocycles. The second-order valence-corrected chi connectivity index (χ2v) is 5.49. The lowest BCUT2D eigenvalue weighted by Crippen LogP contribution is -2.20. The summed E-state index contributed by atoms with van der Waals surface area (Å²) in [6.07, 6.45) is 7.50. The third kappa shape index (κ3) is 1.80. The van der Waals surface area contributed by atoms with Crippen LogP contribution < -0.4 is 0 Å². The Morgan fingerprint density at radius 1 is 1.06 bits per heavy atom. The van der Waals surface area contributed by atoms with Crippen molar-refractivity contribution in [2.24, 2.45) is 0 Å². The number of nitrogens with zero attached hydrogens (tertiary/aromatic N) is 1. The molecular weight excluding hydrogens is 262 g/mol. The molecule has 0 atom stereocenters. The van der Waals surface area contributed by atoms with Gasteiger partial charge in [-0.05, 0) is 49.0 Å². The van der Waals surface area contributed by atoms with Gasteiger partial charge < -0.3 is 4.90 Å². The van der Waals surface area contributed by atoms with E-state index in [-0.39, 0.29) is 0 Å². The summed E-state index contributed by atoms with van der Waals surface area (Å²) in [7, 11) is 0. The number of likely N-dealkylation sites (tertiary alicyclic amines) is 1. The lowest BCUT2D eigenvalue weighted by atomic mass is 9.95. The number of hydrogen-bond donors (Lipinski definition) is 0. The van der Waals surface area contributed by atoms with Crippen LogP contribution in [-0.2, 0) is 6.42 Å². The molecule has 84 valence electrons. The standard InChI is InChI=1S/C14H16BrN/c15-14-5-3-4-11-10-12(6-7-13(11)14)16-8-1-2-9-16/h3-5,10H,1-2,6-9H2. The predicted octanol–water partition coefficient (Wildman–Crippen LogP) is 3.83. The molecule has 1 saturated heterocycles. The maximum Gasteiger partial charge on any atom is 0.0213 e. The molecule has 0 bridgehead atoms. The van der Waals surface area contributed by atoms with Crippen molar-refractivity contribution in [2.75, 3.05) is 13.1 Å². The van der Waals surface area contributed by atoms with Gasteiger partial charge in [0.05, 0.1) is 0 Å². The molecule has 0 radical (unpaired) electrons. The lowest BCUT2D eigenvalue weighted by Gasteiger charge is -2.26. The number of allylic oxidation sites excluding steroid dienone is 1. The van der Waals surface area contributed by atoms with E-state index in [1.807, 2.05) is 0 Å². The van der Waals surface area contributed by atoms with Crippen molar-refractivity contribution < 1.29 is 0 Å². The van der Waals surface area contributed by atoms with Crippen LogP contribution >= 0.6 is 15.9 Å². The Balaban J connectivity index is 1.94. The zero-order valence-electron chi connectivity index (χ0n) is 9.38. The Kier molecular flexibility index (Phi) is 2.76. The molecule has 1 aromatic rings. The van der Waals surface area contributed by atoms with E-state index < -0.39 is 0 Å². The Morgan fingerprint density at radius 2 is 1.88 bits per heavy atom. The van der Waals surface area contributed by atoms with Crippen molar-refractivity contribution in [3.8, 4) is 0 Å². The summed E-state index contributed by atoms with van der Waals surface area (Å²) in [5, 5.41) is 0. The molecule has 0 spiro atoms. The zero-order valence-corrected chi connectivity index (χ0v) is 11.0. The van der Waals surface area contributed by atoms with Gasteiger partial charge in [0.2, 0.25) is 0 Å².